The Kier molecular flexibility index (Phi) is 4.30. The second-order valence-electron chi connectivity index (χ2n) is 5.14. The van der Waals surface area contributed by atoms with Gasteiger partial charge in [-0.05, 0) is 30.2 Å². The van der Waals surface area contributed by atoms with Gasteiger partial charge in [-0.3, -0.25) is 9.20 Å². The quantitative estimate of drug-likeness (QED) is 0.793. The van der Waals surface area contributed by atoms with Crippen LogP contribution < -0.4 is 5.32 Å². The zero-order chi connectivity index (χ0) is 16.4. The van der Waals surface area contributed by atoms with Gasteiger partial charge in [0.05, 0.1) is 5.69 Å². The first-order chi connectivity index (χ1) is 11.1. The molecule has 0 radical (unpaired) electrons. The lowest BCUT2D eigenvalue weighted by molar-refractivity contribution is 0.0944. The largest absolute Gasteiger partial charge is 0.347 e. The number of amides is 1. The van der Waals surface area contributed by atoms with Crippen molar-refractivity contribution in [3.05, 3.63) is 70.4 Å². The summed E-state index contributed by atoms with van der Waals surface area (Å²) in [5.41, 5.74) is 2.68. The van der Waals surface area contributed by atoms with Gasteiger partial charge in [-0.15, -0.1) is 0 Å². The molecule has 0 bridgehead atoms. The maximum atomic E-state index is 12.9. The van der Waals surface area contributed by atoms with Crippen LogP contribution in [0.25, 0.3) is 5.65 Å². The highest BCUT2D eigenvalue weighted by atomic mass is 35.5. The average Bonchev–Trinajstić information content (AvgIpc) is 2.91. The summed E-state index contributed by atoms with van der Waals surface area (Å²) in [5, 5.41) is 3.42. The van der Waals surface area contributed by atoms with Gasteiger partial charge in [0.2, 0.25) is 0 Å². The number of nitrogens with zero attached hydrogens (tertiary/aromatic N) is 2. The minimum Gasteiger partial charge on any atom is -0.347 e. The molecule has 4 nitrogen and oxygen atoms in total. The molecule has 0 spiro atoms. The first-order valence-electron chi connectivity index (χ1n) is 7.27. The number of imidazole rings is 1. The van der Waals surface area contributed by atoms with Gasteiger partial charge in [0.1, 0.15) is 17.2 Å². The van der Waals surface area contributed by atoms with Crippen LogP contribution in [0.3, 0.4) is 0 Å². The summed E-state index contributed by atoms with van der Waals surface area (Å²) < 4.78 is 14.6. The fraction of sp³-hybridized carbons (Fsp3) is 0.176. The lowest BCUT2D eigenvalue weighted by Crippen LogP contribution is -2.25. The van der Waals surface area contributed by atoms with E-state index in [0.29, 0.717) is 35.0 Å². The molecular formula is C17H15ClFN3O. The van der Waals surface area contributed by atoms with Crippen LogP contribution in [0.4, 0.5) is 4.39 Å². The molecule has 0 unspecified atom stereocenters. The Morgan fingerprint density at radius 1 is 1.30 bits per heavy atom. The Hall–Kier alpha value is -2.40. The predicted octanol–water partition coefficient (Wildman–Crippen LogP) is 3.62. The number of aromatic nitrogens is 2. The molecule has 3 rings (SSSR count). The van der Waals surface area contributed by atoms with Gasteiger partial charge in [-0.1, -0.05) is 30.7 Å². The Labute approximate surface area is 137 Å². The van der Waals surface area contributed by atoms with Crippen LogP contribution in [-0.2, 0) is 13.0 Å². The van der Waals surface area contributed by atoms with Crippen molar-refractivity contribution >= 4 is 23.2 Å². The van der Waals surface area contributed by atoms with Gasteiger partial charge in [0.15, 0.2) is 0 Å². The highest BCUT2D eigenvalue weighted by molar-refractivity contribution is 6.30. The van der Waals surface area contributed by atoms with Crippen LogP contribution in [-0.4, -0.2) is 15.3 Å². The van der Waals surface area contributed by atoms with Crippen molar-refractivity contribution in [1.29, 1.82) is 0 Å². The summed E-state index contributed by atoms with van der Waals surface area (Å²) >= 11 is 5.97. The number of carbonyl (C=O) groups excluding carboxylic acids is 1. The van der Waals surface area contributed by atoms with Gasteiger partial charge in [0.25, 0.3) is 5.91 Å². The number of carbonyl (C=O) groups is 1. The third-order valence-corrected chi connectivity index (χ3v) is 3.81. The van der Waals surface area contributed by atoms with Gasteiger partial charge in [0, 0.05) is 23.8 Å². The fourth-order valence-corrected chi connectivity index (χ4v) is 2.58. The Balaban J connectivity index is 1.86. The highest BCUT2D eigenvalue weighted by Gasteiger charge is 2.18. The van der Waals surface area contributed by atoms with Gasteiger partial charge < -0.3 is 5.32 Å². The first kappa shape index (κ1) is 15.5. The van der Waals surface area contributed by atoms with Crippen molar-refractivity contribution in [3.8, 4) is 0 Å². The molecule has 23 heavy (non-hydrogen) atoms. The minimum absolute atomic E-state index is 0.221. The van der Waals surface area contributed by atoms with E-state index in [1.54, 1.807) is 34.9 Å². The molecule has 1 amide bonds. The highest BCUT2D eigenvalue weighted by Crippen LogP contribution is 2.17. The smallest absolute Gasteiger partial charge is 0.270 e. The maximum Gasteiger partial charge on any atom is 0.270 e. The van der Waals surface area contributed by atoms with Gasteiger partial charge >= 0.3 is 0 Å². The lowest BCUT2D eigenvalue weighted by atomic mass is 10.2. The molecule has 0 aliphatic rings. The summed E-state index contributed by atoms with van der Waals surface area (Å²) in [7, 11) is 0. The number of benzene rings is 1. The molecule has 0 aliphatic heterocycles. The molecule has 0 saturated heterocycles. The van der Waals surface area contributed by atoms with Gasteiger partial charge in [-0.25, -0.2) is 9.37 Å². The fourth-order valence-electron chi connectivity index (χ4n) is 2.42. The van der Waals surface area contributed by atoms with Crippen LogP contribution in [0.5, 0.6) is 0 Å². The number of hydrogen-bond acceptors (Lipinski definition) is 2. The van der Waals surface area contributed by atoms with E-state index in [2.05, 4.69) is 10.3 Å². The predicted molar refractivity (Wildman–Crippen MR) is 87.2 cm³/mol. The summed E-state index contributed by atoms with van der Waals surface area (Å²) in [5.74, 6) is -0.520. The van der Waals surface area contributed by atoms with Crippen molar-refractivity contribution in [3.63, 3.8) is 0 Å². The second-order valence-corrected chi connectivity index (χ2v) is 5.58. The van der Waals surface area contributed by atoms with Crippen LogP contribution >= 0.6 is 11.6 Å². The number of hydrogen-bond donors (Lipinski definition) is 1. The number of pyridine rings is 1. The molecule has 118 valence electrons. The summed E-state index contributed by atoms with van der Waals surface area (Å²) in [6, 6.07) is 9.46. The molecule has 1 aromatic carbocycles. The molecule has 3 aromatic rings. The second kappa shape index (κ2) is 6.38. The van der Waals surface area contributed by atoms with E-state index in [1.807, 2.05) is 6.92 Å². The van der Waals surface area contributed by atoms with Crippen LogP contribution in [0.1, 0.15) is 28.7 Å². The summed E-state index contributed by atoms with van der Waals surface area (Å²) in [6.45, 7) is 2.27. The molecule has 0 aliphatic carbocycles. The number of aryl methyl sites for hydroxylation is 1. The normalized spacial score (nSPS) is 10.9. The standard InChI is InChI=1S/C17H15ClFN3O/c1-2-14-16(22-8-7-12(18)9-15(22)21-14)17(23)20-10-11-3-5-13(19)6-4-11/h3-9H,2,10H2,1H3,(H,20,23). The zero-order valence-corrected chi connectivity index (χ0v) is 13.3. The average molecular weight is 332 g/mol. The topological polar surface area (TPSA) is 46.4 Å². The van der Waals surface area contributed by atoms with E-state index < -0.39 is 0 Å². The van der Waals surface area contributed by atoms with Crippen molar-refractivity contribution in [1.82, 2.24) is 14.7 Å². The van der Waals surface area contributed by atoms with Crippen molar-refractivity contribution in [2.45, 2.75) is 19.9 Å². The molecule has 0 atom stereocenters. The first-order valence-corrected chi connectivity index (χ1v) is 7.65. The Bertz CT molecular complexity index is 858. The molecule has 2 aromatic heterocycles. The molecule has 2 heterocycles. The Morgan fingerprint density at radius 2 is 2.04 bits per heavy atom. The summed E-state index contributed by atoms with van der Waals surface area (Å²) in [6.07, 6.45) is 2.37. The van der Waals surface area contributed by atoms with Gasteiger partial charge in [-0.2, -0.15) is 0 Å². The number of halogens is 2. The number of nitrogens with one attached hydrogen (secondary N) is 1. The maximum absolute atomic E-state index is 12.9. The van der Waals surface area contributed by atoms with E-state index >= 15 is 0 Å². The van der Waals surface area contributed by atoms with Crippen LogP contribution in [0, 0.1) is 5.82 Å². The monoisotopic (exact) mass is 331 g/mol. The van der Waals surface area contributed by atoms with E-state index in [0.717, 1.165) is 5.56 Å². The molecule has 0 saturated carbocycles. The van der Waals surface area contributed by atoms with Crippen molar-refractivity contribution in [2.24, 2.45) is 0 Å². The van der Waals surface area contributed by atoms with Crippen molar-refractivity contribution < 1.29 is 9.18 Å². The van der Waals surface area contributed by atoms with Crippen molar-refractivity contribution in [2.75, 3.05) is 0 Å². The zero-order valence-electron chi connectivity index (χ0n) is 12.5. The van der Waals surface area contributed by atoms with Crippen LogP contribution in [0.2, 0.25) is 5.02 Å². The van der Waals surface area contributed by atoms with E-state index in [4.69, 9.17) is 11.6 Å². The van der Waals surface area contributed by atoms with Crippen LogP contribution in [0.15, 0.2) is 42.6 Å². The third-order valence-electron chi connectivity index (χ3n) is 3.58. The molecule has 6 heteroatoms. The van der Waals surface area contributed by atoms with E-state index in [-0.39, 0.29) is 11.7 Å². The SMILES string of the molecule is CCc1nc2cc(Cl)ccn2c1C(=O)NCc1ccc(F)cc1. The number of fused-ring (bicyclic) bond motifs is 1. The molecule has 1 N–H and O–H groups in total. The number of rotatable bonds is 4. The minimum atomic E-state index is -0.299. The third kappa shape index (κ3) is 3.19. The lowest BCUT2D eigenvalue weighted by Gasteiger charge is -2.07. The summed E-state index contributed by atoms with van der Waals surface area (Å²) in [4.78, 5) is 17.0. The van der Waals surface area contributed by atoms with E-state index in [1.165, 1.54) is 12.1 Å². The Morgan fingerprint density at radius 3 is 2.74 bits per heavy atom. The molecule has 0 fully saturated rings. The molecular weight excluding hydrogens is 317 g/mol. The van der Waals surface area contributed by atoms with E-state index in [9.17, 15) is 9.18 Å².